The number of benzene rings is 1. The summed E-state index contributed by atoms with van der Waals surface area (Å²) in [5, 5.41) is 5.41. The van der Waals surface area contributed by atoms with E-state index in [2.05, 4.69) is 49.8 Å². The summed E-state index contributed by atoms with van der Waals surface area (Å²) in [6.07, 6.45) is 1.53. The second-order valence-electron chi connectivity index (χ2n) is 5.73. The van der Waals surface area contributed by atoms with Gasteiger partial charge in [0.05, 0.1) is 0 Å². The highest BCUT2D eigenvalue weighted by Gasteiger charge is 2.16. The van der Waals surface area contributed by atoms with Crippen molar-refractivity contribution in [2.75, 3.05) is 49.7 Å². The summed E-state index contributed by atoms with van der Waals surface area (Å²) in [5.74, 6) is 1.31. The fourth-order valence-corrected chi connectivity index (χ4v) is 2.48. The van der Waals surface area contributed by atoms with Crippen LogP contribution in [0.5, 0.6) is 0 Å². The van der Waals surface area contributed by atoms with Gasteiger partial charge in [0.15, 0.2) is 11.6 Å². The lowest BCUT2D eigenvalue weighted by atomic mass is 10.2. The van der Waals surface area contributed by atoms with E-state index in [0.29, 0.717) is 23.9 Å². The van der Waals surface area contributed by atoms with Gasteiger partial charge in [0, 0.05) is 32.7 Å². The zero-order valence-corrected chi connectivity index (χ0v) is 13.4. The highest BCUT2D eigenvalue weighted by molar-refractivity contribution is 5.73. The van der Waals surface area contributed by atoms with Crippen LogP contribution in [0.15, 0.2) is 36.7 Å². The van der Waals surface area contributed by atoms with E-state index in [4.69, 9.17) is 5.73 Å². The number of anilines is 3. The molecule has 1 aliphatic rings. The molecule has 7 nitrogen and oxygen atoms in total. The number of nitrogen functional groups attached to an aromatic ring is 1. The van der Waals surface area contributed by atoms with Crippen LogP contribution in [0.4, 0.5) is 17.3 Å². The van der Waals surface area contributed by atoms with Gasteiger partial charge in [-0.1, -0.05) is 30.3 Å². The quantitative estimate of drug-likeness (QED) is 0.766. The number of hydrogen-bond acceptors (Lipinski definition) is 7. The average Bonchev–Trinajstić information content (AvgIpc) is 2.58. The van der Waals surface area contributed by atoms with Crippen LogP contribution >= 0.6 is 0 Å². The second kappa shape index (κ2) is 7.26. The SMILES string of the molecule is CN1CCN(Nc2ncnc(NCc3ccccc3)c2N)CC1. The summed E-state index contributed by atoms with van der Waals surface area (Å²) in [7, 11) is 2.13. The first kappa shape index (κ1) is 15.5. The van der Waals surface area contributed by atoms with Crippen LogP contribution in [0.1, 0.15) is 5.56 Å². The summed E-state index contributed by atoms with van der Waals surface area (Å²) in [4.78, 5) is 10.8. The van der Waals surface area contributed by atoms with Crippen molar-refractivity contribution in [3.8, 4) is 0 Å². The molecule has 122 valence electrons. The topological polar surface area (TPSA) is 82.3 Å². The number of aromatic nitrogens is 2. The lowest BCUT2D eigenvalue weighted by Gasteiger charge is -2.32. The summed E-state index contributed by atoms with van der Waals surface area (Å²) in [6.45, 7) is 4.60. The Bertz CT molecular complexity index is 624. The summed E-state index contributed by atoms with van der Waals surface area (Å²) in [5.41, 5.74) is 11.2. The Balaban J connectivity index is 1.63. The Kier molecular flexibility index (Phi) is 4.89. The molecule has 1 fully saturated rings. The Labute approximate surface area is 136 Å². The van der Waals surface area contributed by atoms with Crippen LogP contribution in [0.2, 0.25) is 0 Å². The number of piperazine rings is 1. The van der Waals surface area contributed by atoms with Crippen LogP contribution in [0.3, 0.4) is 0 Å². The molecule has 2 heterocycles. The Morgan fingerprint density at radius 1 is 1.04 bits per heavy atom. The summed E-state index contributed by atoms with van der Waals surface area (Å²) < 4.78 is 0. The molecule has 0 aliphatic carbocycles. The van der Waals surface area contributed by atoms with Gasteiger partial charge in [0.2, 0.25) is 0 Å². The predicted molar refractivity (Wildman–Crippen MR) is 92.9 cm³/mol. The molecule has 0 saturated carbocycles. The van der Waals surface area contributed by atoms with Gasteiger partial charge in [0.1, 0.15) is 12.0 Å². The predicted octanol–water partition coefficient (Wildman–Crippen LogP) is 1.25. The molecular formula is C16H23N7. The molecule has 7 heteroatoms. The van der Waals surface area contributed by atoms with Crippen molar-refractivity contribution in [2.24, 2.45) is 0 Å². The molecule has 0 bridgehead atoms. The van der Waals surface area contributed by atoms with Gasteiger partial charge >= 0.3 is 0 Å². The zero-order valence-electron chi connectivity index (χ0n) is 13.4. The molecule has 3 rings (SSSR count). The standard InChI is InChI=1S/C16H23N7/c1-22-7-9-23(10-8-22)21-16-14(17)15(19-12-20-16)18-11-13-5-3-2-4-6-13/h2-6,12H,7-11,17H2,1H3,(H2,18,19,20,21). The molecule has 1 aromatic heterocycles. The van der Waals surface area contributed by atoms with Crippen LogP contribution < -0.4 is 16.5 Å². The maximum Gasteiger partial charge on any atom is 0.169 e. The molecular weight excluding hydrogens is 290 g/mol. The van der Waals surface area contributed by atoms with Crippen molar-refractivity contribution in [3.63, 3.8) is 0 Å². The number of hydrogen-bond donors (Lipinski definition) is 3. The monoisotopic (exact) mass is 313 g/mol. The van der Waals surface area contributed by atoms with Gasteiger partial charge in [0.25, 0.3) is 0 Å². The zero-order chi connectivity index (χ0) is 16.1. The minimum Gasteiger partial charge on any atom is -0.393 e. The highest BCUT2D eigenvalue weighted by Crippen LogP contribution is 2.23. The molecule has 0 spiro atoms. The van der Waals surface area contributed by atoms with Crippen molar-refractivity contribution >= 4 is 17.3 Å². The van der Waals surface area contributed by atoms with E-state index in [-0.39, 0.29) is 0 Å². The van der Waals surface area contributed by atoms with Gasteiger partial charge < -0.3 is 21.4 Å². The molecule has 1 aromatic carbocycles. The first-order valence-corrected chi connectivity index (χ1v) is 7.81. The minimum absolute atomic E-state index is 0.544. The van der Waals surface area contributed by atoms with E-state index in [1.165, 1.54) is 11.9 Å². The smallest absolute Gasteiger partial charge is 0.169 e. The third-order valence-electron chi connectivity index (χ3n) is 3.95. The highest BCUT2D eigenvalue weighted by atomic mass is 15.5. The third-order valence-corrected chi connectivity index (χ3v) is 3.95. The fraction of sp³-hybridized carbons (Fsp3) is 0.375. The van der Waals surface area contributed by atoms with Gasteiger partial charge in [-0.3, -0.25) is 0 Å². The normalized spacial score (nSPS) is 16.2. The van der Waals surface area contributed by atoms with E-state index in [1.54, 1.807) is 0 Å². The number of nitrogens with two attached hydrogens (primary N) is 1. The van der Waals surface area contributed by atoms with Crippen molar-refractivity contribution in [3.05, 3.63) is 42.2 Å². The maximum atomic E-state index is 6.20. The lowest BCUT2D eigenvalue weighted by Crippen LogP contribution is -2.47. The Hall–Kier alpha value is -2.38. The first-order chi connectivity index (χ1) is 11.2. The average molecular weight is 313 g/mol. The second-order valence-corrected chi connectivity index (χ2v) is 5.73. The van der Waals surface area contributed by atoms with E-state index in [9.17, 15) is 0 Å². The number of likely N-dealkylation sites (N-methyl/N-ethyl adjacent to an activating group) is 1. The first-order valence-electron chi connectivity index (χ1n) is 7.81. The number of nitrogens with one attached hydrogen (secondary N) is 2. The Morgan fingerprint density at radius 2 is 1.74 bits per heavy atom. The van der Waals surface area contributed by atoms with Crippen LogP contribution in [-0.4, -0.2) is 53.1 Å². The van der Waals surface area contributed by atoms with Crippen molar-refractivity contribution in [2.45, 2.75) is 6.54 Å². The van der Waals surface area contributed by atoms with Gasteiger partial charge in [-0.2, -0.15) is 0 Å². The van der Waals surface area contributed by atoms with Crippen LogP contribution in [0.25, 0.3) is 0 Å². The van der Waals surface area contributed by atoms with E-state index >= 15 is 0 Å². The largest absolute Gasteiger partial charge is 0.393 e. The molecule has 1 saturated heterocycles. The molecule has 0 atom stereocenters. The van der Waals surface area contributed by atoms with Crippen LogP contribution in [0, 0.1) is 0 Å². The molecule has 0 radical (unpaired) electrons. The van der Waals surface area contributed by atoms with Crippen molar-refractivity contribution in [1.82, 2.24) is 19.9 Å². The summed E-state index contributed by atoms with van der Waals surface area (Å²) >= 11 is 0. The van der Waals surface area contributed by atoms with E-state index in [1.807, 2.05) is 18.2 Å². The maximum absolute atomic E-state index is 6.20. The number of hydrazine groups is 1. The van der Waals surface area contributed by atoms with Gasteiger partial charge in [-0.15, -0.1) is 0 Å². The van der Waals surface area contributed by atoms with Gasteiger partial charge in [-0.25, -0.2) is 15.0 Å². The molecule has 23 heavy (non-hydrogen) atoms. The fourth-order valence-electron chi connectivity index (χ4n) is 2.48. The molecule has 1 aliphatic heterocycles. The lowest BCUT2D eigenvalue weighted by molar-refractivity contribution is 0.178. The Morgan fingerprint density at radius 3 is 2.48 bits per heavy atom. The minimum atomic E-state index is 0.544. The third kappa shape index (κ3) is 4.08. The van der Waals surface area contributed by atoms with Crippen molar-refractivity contribution in [1.29, 1.82) is 0 Å². The van der Waals surface area contributed by atoms with E-state index in [0.717, 1.165) is 26.2 Å². The van der Waals surface area contributed by atoms with Crippen molar-refractivity contribution < 1.29 is 0 Å². The molecule has 0 amide bonds. The van der Waals surface area contributed by atoms with Gasteiger partial charge in [-0.05, 0) is 12.6 Å². The molecule has 2 aromatic rings. The number of rotatable bonds is 5. The summed E-state index contributed by atoms with van der Waals surface area (Å²) in [6, 6.07) is 10.2. The van der Waals surface area contributed by atoms with E-state index < -0.39 is 0 Å². The molecule has 4 N–H and O–H groups in total. The number of nitrogens with zero attached hydrogens (tertiary/aromatic N) is 4. The molecule has 0 unspecified atom stereocenters. The van der Waals surface area contributed by atoms with Crippen LogP contribution in [-0.2, 0) is 6.54 Å².